The number of pyridine rings is 1. The van der Waals surface area contributed by atoms with Crippen LogP contribution in [0.4, 0.5) is 0 Å². The Kier molecular flexibility index (Phi) is 5.39. The van der Waals surface area contributed by atoms with Crippen molar-refractivity contribution < 1.29 is 4.74 Å². The molecular weight excluding hydrogens is 426 g/mol. The molecule has 110 valence electrons. The Bertz CT molecular complexity index is 625. The molecule has 0 unspecified atom stereocenters. The maximum absolute atomic E-state index is 6.22. The van der Waals surface area contributed by atoms with Gasteiger partial charge in [0.1, 0.15) is 17.5 Å². The molecule has 2 aromatic heterocycles. The second-order valence-corrected chi connectivity index (χ2v) is 13.5. The zero-order chi connectivity index (χ0) is 14.9. The van der Waals surface area contributed by atoms with Crippen LogP contribution in [0.1, 0.15) is 0 Å². The van der Waals surface area contributed by atoms with Crippen molar-refractivity contribution in [2.24, 2.45) is 0 Å². The average molecular weight is 443 g/mol. The number of aromatic nitrogens is 2. The molecule has 0 radical (unpaired) electrons. The van der Waals surface area contributed by atoms with Crippen LogP contribution < -0.4 is 0 Å². The van der Waals surface area contributed by atoms with Crippen LogP contribution >= 0.6 is 45.8 Å². The standard InChI is InChI=1S/C13H17Cl2IN2OSi/c1-20(2,3)5-4-19-8-18-7-10(16)12-9(14)6-11(15)17-13(12)18/h6-7H,4-5,8H2,1-3H3. The van der Waals surface area contributed by atoms with Crippen LogP contribution in [0.3, 0.4) is 0 Å². The molecule has 20 heavy (non-hydrogen) atoms. The predicted molar refractivity (Wildman–Crippen MR) is 96.6 cm³/mol. The van der Waals surface area contributed by atoms with Crippen LogP contribution in [0.5, 0.6) is 0 Å². The molecule has 0 saturated heterocycles. The molecule has 0 amide bonds. The first-order valence-electron chi connectivity index (χ1n) is 6.36. The lowest BCUT2D eigenvalue weighted by Crippen LogP contribution is -2.22. The smallest absolute Gasteiger partial charge is 0.146 e. The lowest BCUT2D eigenvalue weighted by atomic mass is 10.3. The van der Waals surface area contributed by atoms with Gasteiger partial charge in [0.2, 0.25) is 0 Å². The van der Waals surface area contributed by atoms with Gasteiger partial charge in [-0.1, -0.05) is 42.8 Å². The second kappa shape index (κ2) is 6.52. The maximum Gasteiger partial charge on any atom is 0.146 e. The van der Waals surface area contributed by atoms with Gasteiger partial charge in [-0.2, -0.15) is 0 Å². The number of nitrogens with zero attached hydrogens (tertiary/aromatic N) is 2. The number of ether oxygens (including phenoxy) is 1. The first-order chi connectivity index (χ1) is 9.28. The number of hydrogen-bond donors (Lipinski definition) is 0. The summed E-state index contributed by atoms with van der Waals surface area (Å²) in [4.78, 5) is 4.35. The topological polar surface area (TPSA) is 27.1 Å². The normalized spacial score (nSPS) is 12.3. The van der Waals surface area contributed by atoms with E-state index in [4.69, 9.17) is 27.9 Å². The van der Waals surface area contributed by atoms with Gasteiger partial charge >= 0.3 is 0 Å². The van der Waals surface area contributed by atoms with E-state index >= 15 is 0 Å². The molecule has 0 aliphatic heterocycles. The van der Waals surface area contributed by atoms with Crippen LogP contribution in [0.25, 0.3) is 11.0 Å². The monoisotopic (exact) mass is 442 g/mol. The highest BCUT2D eigenvalue weighted by Crippen LogP contribution is 2.30. The molecule has 7 heteroatoms. The van der Waals surface area contributed by atoms with Gasteiger partial charge in [-0.3, -0.25) is 0 Å². The Balaban J connectivity index is 2.15. The third-order valence-electron chi connectivity index (χ3n) is 2.93. The van der Waals surface area contributed by atoms with Crippen LogP contribution in [-0.4, -0.2) is 24.2 Å². The van der Waals surface area contributed by atoms with Gasteiger partial charge in [-0.25, -0.2) is 4.98 Å². The highest BCUT2D eigenvalue weighted by molar-refractivity contribution is 14.1. The number of fused-ring (bicyclic) bond motifs is 1. The molecule has 0 N–H and O–H groups in total. The summed E-state index contributed by atoms with van der Waals surface area (Å²) in [6, 6.07) is 2.82. The van der Waals surface area contributed by atoms with E-state index in [9.17, 15) is 0 Å². The Hall–Kier alpha value is 0.177. The Morgan fingerprint density at radius 3 is 2.70 bits per heavy atom. The minimum atomic E-state index is -1.06. The van der Waals surface area contributed by atoms with Gasteiger partial charge in [0.25, 0.3) is 0 Å². The lowest BCUT2D eigenvalue weighted by molar-refractivity contribution is 0.0898. The summed E-state index contributed by atoms with van der Waals surface area (Å²) < 4.78 is 8.78. The highest BCUT2D eigenvalue weighted by atomic mass is 127. The van der Waals surface area contributed by atoms with Crippen molar-refractivity contribution in [3.05, 3.63) is 26.0 Å². The molecule has 0 aromatic carbocycles. The number of halogens is 3. The molecule has 0 atom stereocenters. The van der Waals surface area contributed by atoms with Crippen LogP contribution in [0.15, 0.2) is 12.3 Å². The van der Waals surface area contributed by atoms with Gasteiger partial charge in [0, 0.05) is 24.4 Å². The Morgan fingerprint density at radius 2 is 2.05 bits per heavy atom. The van der Waals surface area contributed by atoms with E-state index in [1.807, 2.05) is 10.8 Å². The molecule has 0 saturated carbocycles. The Labute approximate surface area is 143 Å². The largest absolute Gasteiger partial charge is 0.361 e. The zero-order valence-corrected chi connectivity index (χ0v) is 16.4. The van der Waals surface area contributed by atoms with Crippen LogP contribution in [0.2, 0.25) is 35.9 Å². The van der Waals surface area contributed by atoms with Gasteiger partial charge in [0.05, 0.1) is 10.4 Å². The first-order valence-corrected chi connectivity index (χ1v) is 11.9. The van der Waals surface area contributed by atoms with Crippen molar-refractivity contribution >= 4 is 64.9 Å². The highest BCUT2D eigenvalue weighted by Gasteiger charge is 2.14. The van der Waals surface area contributed by atoms with Gasteiger partial charge in [0.15, 0.2) is 0 Å². The van der Waals surface area contributed by atoms with E-state index in [1.54, 1.807) is 6.07 Å². The molecule has 0 aliphatic carbocycles. The summed E-state index contributed by atoms with van der Waals surface area (Å²) in [6.45, 7) is 8.27. The summed E-state index contributed by atoms with van der Waals surface area (Å²) in [5.41, 5.74) is 0.778. The number of hydrogen-bond acceptors (Lipinski definition) is 2. The van der Waals surface area contributed by atoms with Gasteiger partial charge in [-0.05, 0) is 34.7 Å². The quantitative estimate of drug-likeness (QED) is 0.273. The SMILES string of the molecule is C[Si](C)(C)CCOCn1cc(I)c2c(Cl)cc(Cl)nc21. The van der Waals surface area contributed by atoms with E-state index in [-0.39, 0.29) is 0 Å². The molecule has 2 heterocycles. The third kappa shape index (κ3) is 4.10. The summed E-state index contributed by atoms with van der Waals surface area (Å²) in [5, 5.41) is 1.97. The van der Waals surface area contributed by atoms with Crippen LogP contribution in [0, 0.1) is 3.57 Å². The fraction of sp³-hybridized carbons (Fsp3) is 0.462. The second-order valence-electron chi connectivity index (χ2n) is 5.92. The molecule has 2 aromatic rings. The average Bonchev–Trinajstić information content (AvgIpc) is 2.60. The fourth-order valence-corrected chi connectivity index (χ4v) is 4.12. The predicted octanol–water partition coefficient (Wildman–Crippen LogP) is 5.26. The molecule has 0 spiro atoms. The molecule has 2 rings (SSSR count). The minimum Gasteiger partial charge on any atom is -0.361 e. The molecule has 3 nitrogen and oxygen atoms in total. The van der Waals surface area contributed by atoms with E-state index < -0.39 is 8.07 Å². The van der Waals surface area contributed by atoms with Crippen molar-refractivity contribution in [3.8, 4) is 0 Å². The third-order valence-corrected chi connectivity index (χ3v) is 5.94. The molecule has 0 fully saturated rings. The van der Waals surface area contributed by atoms with Gasteiger partial charge in [-0.15, -0.1) is 0 Å². The zero-order valence-electron chi connectivity index (χ0n) is 11.7. The lowest BCUT2D eigenvalue weighted by Gasteiger charge is -2.15. The van der Waals surface area contributed by atoms with E-state index in [0.29, 0.717) is 16.9 Å². The van der Waals surface area contributed by atoms with E-state index in [0.717, 1.165) is 27.3 Å². The van der Waals surface area contributed by atoms with Crippen molar-refractivity contribution in [3.63, 3.8) is 0 Å². The summed E-state index contributed by atoms with van der Waals surface area (Å²) >= 11 is 14.5. The summed E-state index contributed by atoms with van der Waals surface area (Å²) in [6.07, 6.45) is 1.99. The van der Waals surface area contributed by atoms with Crippen molar-refractivity contribution in [1.82, 2.24) is 9.55 Å². The molecule has 0 aliphatic rings. The van der Waals surface area contributed by atoms with Crippen molar-refractivity contribution in [2.75, 3.05) is 6.61 Å². The van der Waals surface area contributed by atoms with Crippen LogP contribution in [-0.2, 0) is 11.5 Å². The van der Waals surface area contributed by atoms with Crippen molar-refractivity contribution in [1.29, 1.82) is 0 Å². The first kappa shape index (κ1) is 16.5. The summed E-state index contributed by atoms with van der Waals surface area (Å²) in [7, 11) is -1.06. The molecule has 0 bridgehead atoms. The summed E-state index contributed by atoms with van der Waals surface area (Å²) in [5.74, 6) is 0. The Morgan fingerprint density at radius 1 is 1.35 bits per heavy atom. The molecular formula is C13H17Cl2IN2OSi. The van der Waals surface area contributed by atoms with Crippen molar-refractivity contribution in [2.45, 2.75) is 32.4 Å². The van der Waals surface area contributed by atoms with E-state index in [1.165, 1.54) is 0 Å². The van der Waals surface area contributed by atoms with Gasteiger partial charge < -0.3 is 9.30 Å². The fourth-order valence-electron chi connectivity index (χ4n) is 1.80. The number of rotatable bonds is 5. The minimum absolute atomic E-state index is 0.403. The van der Waals surface area contributed by atoms with E-state index in [2.05, 4.69) is 47.2 Å². The maximum atomic E-state index is 6.22.